The van der Waals surface area contributed by atoms with Crippen molar-refractivity contribution in [2.24, 2.45) is 5.10 Å². The van der Waals surface area contributed by atoms with E-state index in [2.05, 4.69) is 5.10 Å². The molecule has 2 N–H and O–H groups in total. The van der Waals surface area contributed by atoms with Crippen LogP contribution in [0.15, 0.2) is 41.5 Å². The normalized spacial score (nSPS) is 11.1. The molecule has 0 unspecified atom stereocenters. The number of carbonyl (C=O) groups is 2. The van der Waals surface area contributed by atoms with Gasteiger partial charge < -0.3 is 0 Å². The molecule has 2 aromatic rings. The van der Waals surface area contributed by atoms with Crippen LogP contribution in [0.1, 0.15) is 38.3 Å². The standard InChI is InChI=1S/C17H13F4N3O3/c1-24(17(26)11-5-3-2-4-10(11)15(20)21)22-8-12-13(18)6-9(7-14(12)19)16(25)23-27/h2-8,15,27H,1H3,(H,23,25). The van der Waals surface area contributed by atoms with E-state index in [0.29, 0.717) is 23.4 Å². The average Bonchev–Trinajstić information content (AvgIpc) is 2.65. The Kier molecular flexibility index (Phi) is 6.24. The van der Waals surface area contributed by atoms with Crippen LogP contribution in [0.2, 0.25) is 0 Å². The van der Waals surface area contributed by atoms with Crippen molar-refractivity contribution in [2.45, 2.75) is 6.43 Å². The molecule has 0 spiro atoms. The SMILES string of the molecule is CN(N=Cc1c(F)cc(C(=O)NO)cc1F)C(=O)c1ccccc1C(F)F. The summed E-state index contributed by atoms with van der Waals surface area (Å²) in [6.45, 7) is 0. The van der Waals surface area contributed by atoms with Gasteiger partial charge in [0.25, 0.3) is 18.2 Å². The molecule has 0 atom stereocenters. The maximum absolute atomic E-state index is 14.0. The number of hydroxylamine groups is 1. The topological polar surface area (TPSA) is 82.0 Å². The smallest absolute Gasteiger partial charge is 0.274 e. The molecule has 0 aliphatic carbocycles. The molecule has 0 aromatic heterocycles. The second kappa shape index (κ2) is 8.41. The number of benzene rings is 2. The lowest BCUT2D eigenvalue weighted by Gasteiger charge is -2.14. The predicted molar refractivity (Wildman–Crippen MR) is 86.7 cm³/mol. The molecule has 2 aromatic carbocycles. The van der Waals surface area contributed by atoms with E-state index >= 15 is 0 Å². The van der Waals surface area contributed by atoms with Gasteiger partial charge in [-0.25, -0.2) is 28.1 Å². The van der Waals surface area contributed by atoms with Gasteiger partial charge in [-0.2, -0.15) is 5.10 Å². The number of nitrogens with zero attached hydrogens (tertiary/aromatic N) is 2. The third kappa shape index (κ3) is 4.47. The van der Waals surface area contributed by atoms with Crippen molar-refractivity contribution in [3.8, 4) is 0 Å². The number of hydrazone groups is 1. The second-order valence-corrected chi connectivity index (χ2v) is 5.26. The largest absolute Gasteiger partial charge is 0.288 e. The molecule has 142 valence electrons. The van der Waals surface area contributed by atoms with E-state index in [-0.39, 0.29) is 5.56 Å². The fourth-order valence-corrected chi connectivity index (χ4v) is 2.16. The molecule has 6 nitrogen and oxygen atoms in total. The maximum atomic E-state index is 14.0. The number of amides is 2. The van der Waals surface area contributed by atoms with Crippen LogP contribution in [0.4, 0.5) is 17.6 Å². The van der Waals surface area contributed by atoms with Crippen molar-refractivity contribution in [1.82, 2.24) is 10.5 Å². The molecule has 0 aliphatic rings. The highest BCUT2D eigenvalue weighted by molar-refractivity contribution is 5.97. The van der Waals surface area contributed by atoms with Gasteiger partial charge in [0.2, 0.25) is 0 Å². The van der Waals surface area contributed by atoms with E-state index in [1.807, 2.05) is 0 Å². The predicted octanol–water partition coefficient (Wildman–Crippen LogP) is 3.13. The second-order valence-electron chi connectivity index (χ2n) is 5.26. The number of rotatable bonds is 5. The fraction of sp³-hybridized carbons (Fsp3) is 0.118. The average molecular weight is 383 g/mol. The fourth-order valence-electron chi connectivity index (χ4n) is 2.16. The summed E-state index contributed by atoms with van der Waals surface area (Å²) in [6, 6.07) is 6.31. The summed E-state index contributed by atoms with van der Waals surface area (Å²) in [5, 5.41) is 12.7. The minimum absolute atomic E-state index is 0.303. The van der Waals surface area contributed by atoms with Crippen molar-refractivity contribution < 1.29 is 32.4 Å². The summed E-state index contributed by atoms with van der Waals surface area (Å²) in [4.78, 5) is 23.4. The third-order valence-electron chi connectivity index (χ3n) is 3.52. The Morgan fingerprint density at radius 1 is 1.19 bits per heavy atom. The minimum atomic E-state index is -2.89. The van der Waals surface area contributed by atoms with Crippen molar-refractivity contribution in [2.75, 3.05) is 7.05 Å². The van der Waals surface area contributed by atoms with E-state index in [0.717, 1.165) is 13.1 Å². The lowest BCUT2D eigenvalue weighted by atomic mass is 10.1. The molecule has 10 heteroatoms. The van der Waals surface area contributed by atoms with E-state index in [4.69, 9.17) is 5.21 Å². The van der Waals surface area contributed by atoms with Gasteiger partial charge in [0.05, 0.1) is 17.3 Å². The van der Waals surface area contributed by atoms with Crippen LogP contribution in [-0.2, 0) is 0 Å². The quantitative estimate of drug-likeness (QED) is 0.360. The summed E-state index contributed by atoms with van der Waals surface area (Å²) < 4.78 is 53.9. The Labute approximate surface area is 150 Å². The lowest BCUT2D eigenvalue weighted by molar-refractivity contribution is 0.0705. The Morgan fingerprint density at radius 3 is 2.33 bits per heavy atom. The monoisotopic (exact) mass is 383 g/mol. The molecule has 0 saturated heterocycles. The first kappa shape index (κ1) is 20.0. The molecule has 0 heterocycles. The zero-order valence-corrected chi connectivity index (χ0v) is 13.8. The minimum Gasteiger partial charge on any atom is -0.288 e. The van der Waals surface area contributed by atoms with Gasteiger partial charge in [-0.05, 0) is 18.2 Å². The first-order valence-electron chi connectivity index (χ1n) is 7.38. The molecule has 27 heavy (non-hydrogen) atoms. The molecule has 2 amide bonds. The highest BCUT2D eigenvalue weighted by atomic mass is 19.3. The van der Waals surface area contributed by atoms with Gasteiger partial charge in [-0.15, -0.1) is 0 Å². The van der Waals surface area contributed by atoms with Gasteiger partial charge in [0.15, 0.2) is 0 Å². The Bertz CT molecular complexity index is 880. The number of carbonyl (C=O) groups excluding carboxylic acids is 2. The maximum Gasteiger partial charge on any atom is 0.274 e. The van der Waals surface area contributed by atoms with Crippen LogP contribution in [0.25, 0.3) is 0 Å². The van der Waals surface area contributed by atoms with Crippen LogP contribution in [0.5, 0.6) is 0 Å². The first-order chi connectivity index (χ1) is 12.8. The molecule has 2 rings (SSSR count). The van der Waals surface area contributed by atoms with Gasteiger partial charge in [-0.3, -0.25) is 14.8 Å². The van der Waals surface area contributed by atoms with Crippen LogP contribution in [0, 0.1) is 11.6 Å². The van der Waals surface area contributed by atoms with Gasteiger partial charge >= 0.3 is 0 Å². The zero-order chi connectivity index (χ0) is 20.1. The molecule has 0 aliphatic heterocycles. The number of nitrogens with one attached hydrogen (secondary N) is 1. The van der Waals surface area contributed by atoms with Crippen molar-refractivity contribution >= 4 is 18.0 Å². The summed E-state index contributed by atoms with van der Waals surface area (Å²) in [7, 11) is 1.13. The summed E-state index contributed by atoms with van der Waals surface area (Å²) in [5.74, 6) is -4.37. The Hall–Kier alpha value is -3.27. The van der Waals surface area contributed by atoms with E-state index in [1.54, 1.807) is 0 Å². The number of hydrogen-bond donors (Lipinski definition) is 2. The van der Waals surface area contributed by atoms with Crippen molar-refractivity contribution in [3.05, 3.63) is 70.3 Å². The van der Waals surface area contributed by atoms with Crippen LogP contribution in [0.3, 0.4) is 0 Å². The van der Waals surface area contributed by atoms with Crippen molar-refractivity contribution in [3.63, 3.8) is 0 Å². The Balaban J connectivity index is 2.28. The third-order valence-corrected chi connectivity index (χ3v) is 3.52. The van der Waals surface area contributed by atoms with Crippen LogP contribution < -0.4 is 5.48 Å². The highest BCUT2D eigenvalue weighted by Crippen LogP contribution is 2.23. The number of halogens is 4. The van der Waals surface area contributed by atoms with Gasteiger partial charge in [0, 0.05) is 18.2 Å². The molecule has 0 radical (unpaired) electrons. The van der Waals surface area contributed by atoms with E-state index in [1.165, 1.54) is 23.7 Å². The molecule has 0 fully saturated rings. The summed E-state index contributed by atoms with van der Waals surface area (Å²) in [5.41, 5.74) is -0.702. The van der Waals surface area contributed by atoms with E-state index in [9.17, 15) is 27.2 Å². The van der Waals surface area contributed by atoms with Crippen LogP contribution in [-0.4, -0.2) is 35.3 Å². The molecular formula is C17H13F4N3O3. The van der Waals surface area contributed by atoms with Crippen LogP contribution >= 0.6 is 0 Å². The first-order valence-corrected chi connectivity index (χ1v) is 7.38. The number of hydrogen-bond acceptors (Lipinski definition) is 4. The molecule has 0 saturated carbocycles. The van der Waals surface area contributed by atoms with E-state index < -0.39 is 46.6 Å². The number of alkyl halides is 2. The zero-order valence-electron chi connectivity index (χ0n) is 13.8. The lowest BCUT2D eigenvalue weighted by Crippen LogP contribution is -2.23. The van der Waals surface area contributed by atoms with Crippen molar-refractivity contribution in [1.29, 1.82) is 0 Å². The molecule has 0 bridgehead atoms. The van der Waals surface area contributed by atoms with Gasteiger partial charge in [0.1, 0.15) is 11.6 Å². The van der Waals surface area contributed by atoms with Gasteiger partial charge in [-0.1, -0.05) is 18.2 Å². The summed E-state index contributed by atoms with van der Waals surface area (Å²) in [6.07, 6.45) is -2.21. The summed E-state index contributed by atoms with van der Waals surface area (Å²) >= 11 is 0. The Morgan fingerprint density at radius 2 is 1.78 bits per heavy atom. The molecular weight excluding hydrogens is 370 g/mol. The highest BCUT2D eigenvalue weighted by Gasteiger charge is 2.20.